The minimum atomic E-state index is -0.155. The lowest BCUT2D eigenvalue weighted by Crippen LogP contribution is -2.29. The van der Waals surface area contributed by atoms with Crippen LogP contribution in [0.3, 0.4) is 0 Å². The molecule has 1 aromatic heterocycles. The molecule has 1 N–H and O–H groups in total. The Labute approximate surface area is 104 Å². The highest BCUT2D eigenvalue weighted by Gasteiger charge is 2.12. The van der Waals surface area contributed by atoms with Crippen LogP contribution in [0.25, 0.3) is 0 Å². The summed E-state index contributed by atoms with van der Waals surface area (Å²) in [6, 6.07) is 3.41. The Kier molecular flexibility index (Phi) is 5.25. The molecule has 1 amide bonds. The number of ether oxygens (including phenoxy) is 1. The second-order valence-electron chi connectivity index (χ2n) is 3.53. The molecule has 4 nitrogen and oxygen atoms in total. The van der Waals surface area contributed by atoms with Gasteiger partial charge in [-0.3, -0.25) is 4.79 Å². The molecule has 0 aliphatic rings. The smallest absolute Gasteiger partial charge is 0.256 e. The Balaban J connectivity index is 2.65. The Morgan fingerprint density at radius 1 is 1.69 bits per heavy atom. The second kappa shape index (κ2) is 6.48. The first-order valence-corrected chi connectivity index (χ1v) is 6.14. The molecule has 0 aromatic carbocycles. The van der Waals surface area contributed by atoms with Crippen molar-refractivity contribution >= 4 is 21.8 Å². The molecule has 1 rings (SSSR count). The zero-order chi connectivity index (χ0) is 12.0. The lowest BCUT2D eigenvalue weighted by atomic mass is 10.2. The number of halogens is 1. The fraction of sp³-hybridized carbons (Fsp3) is 0.455. The molecular weight excluding hydrogens is 272 g/mol. The monoisotopic (exact) mass is 286 g/mol. The van der Waals surface area contributed by atoms with Crippen molar-refractivity contribution in [1.29, 1.82) is 0 Å². The van der Waals surface area contributed by atoms with Gasteiger partial charge in [0.2, 0.25) is 5.88 Å². The third-order valence-corrected chi connectivity index (χ3v) is 3.19. The van der Waals surface area contributed by atoms with Crippen LogP contribution >= 0.6 is 15.9 Å². The predicted molar refractivity (Wildman–Crippen MR) is 66.1 cm³/mol. The van der Waals surface area contributed by atoms with Crippen molar-refractivity contribution in [1.82, 2.24) is 10.3 Å². The number of amides is 1. The van der Waals surface area contributed by atoms with Crippen LogP contribution in [-0.2, 0) is 0 Å². The standard InChI is InChI=1S/C11H15BrN2O2/c1-8(6-12)7-14-10(15)9-4-3-5-13-11(9)16-2/h3-5,8H,6-7H2,1-2H3,(H,14,15). The largest absolute Gasteiger partial charge is 0.480 e. The molecule has 5 heteroatoms. The summed E-state index contributed by atoms with van der Waals surface area (Å²) in [4.78, 5) is 15.8. The first-order valence-electron chi connectivity index (χ1n) is 5.02. The average molecular weight is 287 g/mol. The van der Waals surface area contributed by atoms with Crippen molar-refractivity contribution in [3.05, 3.63) is 23.9 Å². The number of hydrogen-bond donors (Lipinski definition) is 1. The third kappa shape index (κ3) is 3.48. The van der Waals surface area contributed by atoms with Gasteiger partial charge >= 0.3 is 0 Å². The molecule has 0 aliphatic carbocycles. The number of methoxy groups -OCH3 is 1. The number of nitrogens with zero attached hydrogens (tertiary/aromatic N) is 1. The van der Waals surface area contributed by atoms with Crippen molar-refractivity contribution in [2.24, 2.45) is 5.92 Å². The first-order chi connectivity index (χ1) is 7.69. The zero-order valence-electron chi connectivity index (χ0n) is 9.37. The maximum Gasteiger partial charge on any atom is 0.256 e. The van der Waals surface area contributed by atoms with Gasteiger partial charge < -0.3 is 10.1 Å². The normalized spacial score (nSPS) is 11.9. The molecule has 0 bridgehead atoms. The lowest BCUT2D eigenvalue weighted by molar-refractivity contribution is 0.0945. The number of rotatable bonds is 5. The van der Waals surface area contributed by atoms with E-state index in [-0.39, 0.29) is 5.91 Å². The molecule has 1 atom stereocenters. The number of pyridine rings is 1. The number of aromatic nitrogens is 1. The highest BCUT2D eigenvalue weighted by molar-refractivity contribution is 9.09. The van der Waals surface area contributed by atoms with E-state index in [1.54, 1.807) is 18.3 Å². The summed E-state index contributed by atoms with van der Waals surface area (Å²) in [6.45, 7) is 2.68. The summed E-state index contributed by atoms with van der Waals surface area (Å²) < 4.78 is 5.02. The van der Waals surface area contributed by atoms with Crippen LogP contribution in [0.5, 0.6) is 5.88 Å². The van der Waals surface area contributed by atoms with Crippen molar-refractivity contribution in [3.8, 4) is 5.88 Å². The molecule has 0 saturated heterocycles. The van der Waals surface area contributed by atoms with Gasteiger partial charge in [0.25, 0.3) is 5.91 Å². The molecule has 0 aliphatic heterocycles. The van der Waals surface area contributed by atoms with Gasteiger partial charge in [-0.15, -0.1) is 0 Å². The molecule has 1 unspecified atom stereocenters. The van der Waals surface area contributed by atoms with Gasteiger partial charge in [0, 0.05) is 18.1 Å². The summed E-state index contributed by atoms with van der Waals surface area (Å²) >= 11 is 3.36. The summed E-state index contributed by atoms with van der Waals surface area (Å²) in [5.41, 5.74) is 0.465. The second-order valence-corrected chi connectivity index (χ2v) is 4.18. The van der Waals surface area contributed by atoms with Gasteiger partial charge in [-0.2, -0.15) is 0 Å². The van der Waals surface area contributed by atoms with E-state index in [4.69, 9.17) is 4.74 Å². The molecule has 16 heavy (non-hydrogen) atoms. The van der Waals surface area contributed by atoms with Crippen LogP contribution < -0.4 is 10.1 Å². The van der Waals surface area contributed by atoms with Crippen LogP contribution in [0.1, 0.15) is 17.3 Å². The highest BCUT2D eigenvalue weighted by Crippen LogP contribution is 2.13. The van der Waals surface area contributed by atoms with E-state index in [1.807, 2.05) is 0 Å². The minimum absolute atomic E-state index is 0.155. The SMILES string of the molecule is COc1ncccc1C(=O)NCC(C)CBr. The third-order valence-electron chi connectivity index (χ3n) is 2.08. The van der Waals surface area contributed by atoms with Crippen molar-refractivity contribution in [3.63, 3.8) is 0 Å². The number of nitrogens with one attached hydrogen (secondary N) is 1. The van der Waals surface area contributed by atoms with E-state index in [9.17, 15) is 4.79 Å². The zero-order valence-corrected chi connectivity index (χ0v) is 11.0. The number of alkyl halides is 1. The van der Waals surface area contributed by atoms with E-state index in [0.717, 1.165) is 5.33 Å². The molecule has 0 radical (unpaired) electrons. The Bertz CT molecular complexity index is 358. The number of carbonyl (C=O) groups is 1. The van der Waals surface area contributed by atoms with Crippen LogP contribution in [0.15, 0.2) is 18.3 Å². The summed E-state index contributed by atoms with van der Waals surface area (Å²) in [6.07, 6.45) is 1.59. The molecular formula is C11H15BrN2O2. The van der Waals surface area contributed by atoms with Crippen molar-refractivity contribution in [2.75, 3.05) is 19.0 Å². The fourth-order valence-electron chi connectivity index (χ4n) is 1.14. The molecule has 0 spiro atoms. The van der Waals surface area contributed by atoms with Gasteiger partial charge in [-0.1, -0.05) is 22.9 Å². The van der Waals surface area contributed by atoms with Gasteiger partial charge in [0.15, 0.2) is 0 Å². The lowest BCUT2D eigenvalue weighted by Gasteiger charge is -2.10. The van der Waals surface area contributed by atoms with Crippen LogP contribution in [0, 0.1) is 5.92 Å². The summed E-state index contributed by atoms with van der Waals surface area (Å²) in [5.74, 6) is 0.593. The summed E-state index contributed by atoms with van der Waals surface area (Å²) in [7, 11) is 1.50. The molecule has 0 fully saturated rings. The van der Waals surface area contributed by atoms with Gasteiger partial charge in [0.1, 0.15) is 5.56 Å². The summed E-state index contributed by atoms with van der Waals surface area (Å²) in [5, 5.41) is 3.69. The van der Waals surface area contributed by atoms with E-state index in [2.05, 4.69) is 33.2 Å². The highest BCUT2D eigenvalue weighted by atomic mass is 79.9. The average Bonchev–Trinajstić information content (AvgIpc) is 2.35. The van der Waals surface area contributed by atoms with Crippen molar-refractivity contribution < 1.29 is 9.53 Å². The van der Waals surface area contributed by atoms with Crippen LogP contribution in [0.2, 0.25) is 0 Å². The van der Waals surface area contributed by atoms with Gasteiger partial charge in [0.05, 0.1) is 7.11 Å². The molecule has 1 aromatic rings. The van der Waals surface area contributed by atoms with Gasteiger partial charge in [-0.05, 0) is 18.1 Å². The van der Waals surface area contributed by atoms with E-state index in [0.29, 0.717) is 23.9 Å². The molecule has 0 saturated carbocycles. The molecule has 88 valence electrons. The topological polar surface area (TPSA) is 51.2 Å². The fourth-order valence-corrected chi connectivity index (χ4v) is 1.37. The predicted octanol–water partition coefficient (Wildman–Crippen LogP) is 1.85. The minimum Gasteiger partial charge on any atom is -0.480 e. The van der Waals surface area contributed by atoms with Crippen molar-refractivity contribution in [2.45, 2.75) is 6.92 Å². The first kappa shape index (κ1) is 13.0. The van der Waals surface area contributed by atoms with E-state index in [1.165, 1.54) is 7.11 Å². The van der Waals surface area contributed by atoms with Crippen LogP contribution in [-0.4, -0.2) is 29.9 Å². The maximum atomic E-state index is 11.8. The Morgan fingerprint density at radius 2 is 2.44 bits per heavy atom. The van der Waals surface area contributed by atoms with E-state index >= 15 is 0 Å². The number of hydrogen-bond acceptors (Lipinski definition) is 3. The Morgan fingerprint density at radius 3 is 3.06 bits per heavy atom. The maximum absolute atomic E-state index is 11.8. The molecule has 1 heterocycles. The van der Waals surface area contributed by atoms with E-state index < -0.39 is 0 Å². The van der Waals surface area contributed by atoms with Gasteiger partial charge in [-0.25, -0.2) is 4.98 Å². The number of carbonyl (C=O) groups excluding carboxylic acids is 1. The Hall–Kier alpha value is -1.10. The van der Waals surface area contributed by atoms with Crippen LogP contribution in [0.4, 0.5) is 0 Å². The quantitative estimate of drug-likeness (QED) is 0.841.